The number of ether oxygens (including phenoxy) is 1. The molecule has 1 amide bonds. The van der Waals surface area contributed by atoms with Crippen molar-refractivity contribution in [2.24, 2.45) is 0 Å². The quantitative estimate of drug-likeness (QED) is 0.649. The second-order valence-corrected chi connectivity index (χ2v) is 9.07. The lowest BCUT2D eigenvalue weighted by Crippen LogP contribution is -2.30. The van der Waals surface area contributed by atoms with Crippen LogP contribution in [0.25, 0.3) is 0 Å². The molecular formula is C22H26N2O5S. The minimum absolute atomic E-state index is 0.0293. The summed E-state index contributed by atoms with van der Waals surface area (Å²) in [4.78, 5) is 24.6. The van der Waals surface area contributed by atoms with Crippen molar-refractivity contribution in [3.05, 3.63) is 65.2 Å². The summed E-state index contributed by atoms with van der Waals surface area (Å²) < 4.78 is 31.9. The number of sulfonamides is 1. The number of rotatable bonds is 8. The summed E-state index contributed by atoms with van der Waals surface area (Å²) in [6, 6.07) is 13.2. The van der Waals surface area contributed by atoms with Gasteiger partial charge in [0, 0.05) is 18.7 Å². The van der Waals surface area contributed by atoms with Crippen molar-refractivity contribution >= 4 is 21.9 Å². The summed E-state index contributed by atoms with van der Waals surface area (Å²) in [6.45, 7) is 6.23. The van der Waals surface area contributed by atoms with Crippen molar-refractivity contribution in [1.82, 2.24) is 9.62 Å². The number of fused-ring (bicyclic) bond motifs is 1. The maximum atomic E-state index is 12.6. The predicted octanol–water partition coefficient (Wildman–Crippen LogP) is 3.20. The van der Waals surface area contributed by atoms with E-state index >= 15 is 0 Å². The Bertz CT molecular complexity index is 1030. The summed E-state index contributed by atoms with van der Waals surface area (Å²) >= 11 is 0. The van der Waals surface area contributed by atoms with Crippen molar-refractivity contribution in [2.75, 3.05) is 13.1 Å². The Balaban J connectivity index is 1.64. The third-order valence-electron chi connectivity index (χ3n) is 5.25. The molecule has 0 aliphatic carbocycles. The van der Waals surface area contributed by atoms with E-state index in [1.165, 1.54) is 4.31 Å². The number of nitrogens with zero attached hydrogens (tertiary/aromatic N) is 1. The fourth-order valence-corrected chi connectivity index (χ4v) is 5.02. The Morgan fingerprint density at radius 3 is 2.37 bits per heavy atom. The Kier molecular flexibility index (Phi) is 6.58. The lowest BCUT2D eigenvalue weighted by Gasteiger charge is -2.20. The van der Waals surface area contributed by atoms with E-state index in [-0.39, 0.29) is 23.3 Å². The molecule has 1 aliphatic heterocycles. The Labute approximate surface area is 177 Å². The van der Waals surface area contributed by atoms with E-state index in [1.54, 1.807) is 56.3 Å². The number of hydrogen-bond acceptors (Lipinski definition) is 5. The predicted molar refractivity (Wildman–Crippen MR) is 112 cm³/mol. The molecule has 160 valence electrons. The minimum atomic E-state index is -3.52. The Morgan fingerprint density at radius 1 is 1.10 bits per heavy atom. The third-order valence-corrected chi connectivity index (χ3v) is 7.31. The first kappa shape index (κ1) is 22.0. The highest BCUT2D eigenvalue weighted by molar-refractivity contribution is 7.89. The second-order valence-electron chi connectivity index (χ2n) is 7.13. The highest BCUT2D eigenvalue weighted by Crippen LogP contribution is 2.32. The first-order chi connectivity index (χ1) is 14.3. The highest BCUT2D eigenvalue weighted by Gasteiger charge is 2.32. The summed E-state index contributed by atoms with van der Waals surface area (Å²) in [6.07, 6.45) is -0.566. The van der Waals surface area contributed by atoms with Crippen LogP contribution in [-0.4, -0.2) is 37.7 Å². The maximum Gasteiger partial charge on any atom is 0.339 e. The van der Waals surface area contributed by atoms with Gasteiger partial charge in [0.2, 0.25) is 15.9 Å². The molecular weight excluding hydrogens is 404 g/mol. The molecule has 0 saturated heterocycles. The lowest BCUT2D eigenvalue weighted by molar-refractivity contribution is -0.123. The third kappa shape index (κ3) is 4.39. The standard InChI is InChI=1S/C22H26N2O5S/c1-4-24(5-2)30(27,28)17-12-10-16(11-13-17)15(3)23-21(25)14-20-18-8-6-7-9-19(18)22(26)29-20/h6-13,15,20H,4-5,14H2,1-3H3,(H,23,25)/t15-,20-/m1/s1. The van der Waals surface area contributed by atoms with Crippen LogP contribution in [-0.2, 0) is 19.6 Å². The molecule has 30 heavy (non-hydrogen) atoms. The number of nitrogens with one attached hydrogen (secondary N) is 1. The van der Waals surface area contributed by atoms with E-state index in [1.807, 2.05) is 13.0 Å². The minimum Gasteiger partial charge on any atom is -0.453 e. The summed E-state index contributed by atoms with van der Waals surface area (Å²) in [5, 5.41) is 2.88. The fourth-order valence-electron chi connectivity index (χ4n) is 3.56. The number of benzene rings is 2. The first-order valence-corrected chi connectivity index (χ1v) is 11.4. The number of amides is 1. The van der Waals surface area contributed by atoms with Gasteiger partial charge in [0.05, 0.1) is 22.9 Å². The molecule has 1 aliphatic rings. The van der Waals surface area contributed by atoms with Gasteiger partial charge in [-0.15, -0.1) is 0 Å². The number of carbonyl (C=O) groups excluding carboxylic acids is 2. The normalized spacial score (nSPS) is 16.8. The van der Waals surface area contributed by atoms with Crippen LogP contribution < -0.4 is 5.32 Å². The van der Waals surface area contributed by atoms with Gasteiger partial charge in [0.15, 0.2) is 0 Å². The maximum absolute atomic E-state index is 12.6. The zero-order chi connectivity index (χ0) is 21.9. The first-order valence-electron chi connectivity index (χ1n) is 9.97. The van der Waals surface area contributed by atoms with Crippen molar-refractivity contribution in [3.8, 4) is 0 Å². The summed E-state index contributed by atoms with van der Waals surface area (Å²) in [5.74, 6) is -0.668. The molecule has 2 aromatic rings. The van der Waals surface area contributed by atoms with Crippen molar-refractivity contribution in [1.29, 1.82) is 0 Å². The van der Waals surface area contributed by atoms with E-state index < -0.39 is 22.1 Å². The number of esters is 1. The second kappa shape index (κ2) is 8.97. The molecule has 0 aromatic heterocycles. The zero-order valence-electron chi connectivity index (χ0n) is 17.3. The van der Waals surface area contributed by atoms with Crippen molar-refractivity contribution in [3.63, 3.8) is 0 Å². The monoisotopic (exact) mass is 430 g/mol. The van der Waals surface area contributed by atoms with Gasteiger partial charge in [-0.25, -0.2) is 13.2 Å². The average molecular weight is 431 g/mol. The molecule has 3 rings (SSSR count). The van der Waals surface area contributed by atoms with E-state index in [0.717, 1.165) is 11.1 Å². The van der Waals surface area contributed by atoms with E-state index in [4.69, 9.17) is 4.74 Å². The van der Waals surface area contributed by atoms with Crippen LogP contribution in [0.2, 0.25) is 0 Å². The SMILES string of the molecule is CCN(CC)S(=O)(=O)c1ccc([C@@H](C)NC(=O)C[C@H]2OC(=O)c3ccccc32)cc1. The molecule has 0 bridgehead atoms. The van der Waals surface area contributed by atoms with Gasteiger partial charge in [0.25, 0.3) is 0 Å². The van der Waals surface area contributed by atoms with Gasteiger partial charge in [-0.1, -0.05) is 44.2 Å². The van der Waals surface area contributed by atoms with Crippen LogP contribution in [0.4, 0.5) is 0 Å². The van der Waals surface area contributed by atoms with E-state index in [2.05, 4.69) is 5.32 Å². The van der Waals surface area contributed by atoms with Crippen LogP contribution in [0.15, 0.2) is 53.4 Å². The van der Waals surface area contributed by atoms with Gasteiger partial charge >= 0.3 is 5.97 Å². The molecule has 1 N–H and O–H groups in total. The average Bonchev–Trinajstić information content (AvgIpc) is 3.04. The van der Waals surface area contributed by atoms with Gasteiger partial charge < -0.3 is 10.1 Å². The zero-order valence-corrected chi connectivity index (χ0v) is 18.1. The lowest BCUT2D eigenvalue weighted by atomic mass is 10.0. The Hall–Kier alpha value is -2.71. The van der Waals surface area contributed by atoms with E-state index in [9.17, 15) is 18.0 Å². The summed E-state index contributed by atoms with van der Waals surface area (Å²) in [7, 11) is -3.52. The van der Waals surface area contributed by atoms with Gasteiger partial charge in [-0.05, 0) is 30.7 Å². The smallest absolute Gasteiger partial charge is 0.339 e. The summed E-state index contributed by atoms with van der Waals surface area (Å²) in [5.41, 5.74) is 2.00. The number of hydrogen-bond donors (Lipinski definition) is 1. The molecule has 7 nitrogen and oxygen atoms in total. The van der Waals surface area contributed by atoms with Crippen LogP contribution in [0.1, 0.15) is 60.8 Å². The molecule has 2 aromatic carbocycles. The van der Waals surface area contributed by atoms with Gasteiger partial charge in [-0.3, -0.25) is 4.79 Å². The molecule has 0 spiro atoms. The number of carbonyl (C=O) groups is 2. The Morgan fingerprint density at radius 2 is 1.73 bits per heavy atom. The van der Waals surface area contributed by atoms with Crippen LogP contribution in [0.5, 0.6) is 0 Å². The fraction of sp³-hybridized carbons (Fsp3) is 0.364. The molecule has 0 saturated carbocycles. The van der Waals surface area contributed by atoms with Crippen LogP contribution >= 0.6 is 0 Å². The molecule has 2 atom stereocenters. The molecule has 0 fully saturated rings. The molecule has 1 heterocycles. The van der Waals surface area contributed by atoms with Crippen LogP contribution in [0, 0.1) is 0 Å². The molecule has 0 radical (unpaired) electrons. The van der Waals surface area contributed by atoms with Gasteiger partial charge in [-0.2, -0.15) is 4.31 Å². The topological polar surface area (TPSA) is 92.8 Å². The van der Waals surface area contributed by atoms with Gasteiger partial charge in [0.1, 0.15) is 6.10 Å². The number of cyclic esters (lactones) is 1. The van der Waals surface area contributed by atoms with Crippen molar-refractivity contribution < 1.29 is 22.7 Å². The van der Waals surface area contributed by atoms with Crippen LogP contribution in [0.3, 0.4) is 0 Å². The van der Waals surface area contributed by atoms with Crippen molar-refractivity contribution in [2.45, 2.75) is 44.2 Å². The molecule has 8 heteroatoms. The van der Waals surface area contributed by atoms with E-state index in [0.29, 0.717) is 18.7 Å². The largest absolute Gasteiger partial charge is 0.453 e. The molecule has 0 unspecified atom stereocenters. The highest BCUT2D eigenvalue weighted by atomic mass is 32.2.